The molecule has 5 heteroatoms. The van der Waals surface area contributed by atoms with Crippen molar-refractivity contribution < 1.29 is 4.79 Å². The van der Waals surface area contributed by atoms with E-state index in [0.29, 0.717) is 0 Å². The van der Waals surface area contributed by atoms with Gasteiger partial charge in [0.1, 0.15) is 5.54 Å². The lowest BCUT2D eigenvalue weighted by atomic mass is 9.82. The standard InChI is InChI=1S/C7H12BrN3O/c8-11-7(6(12)9-10-11)4-2-1-3-5-7/h10H,1-5H2,(H,9,12). The van der Waals surface area contributed by atoms with Crippen molar-refractivity contribution in [1.82, 2.24) is 15.0 Å². The second kappa shape index (κ2) is 2.97. The number of hydrogen-bond donors (Lipinski definition) is 2. The van der Waals surface area contributed by atoms with E-state index in [0.717, 1.165) is 25.7 Å². The highest BCUT2D eigenvalue weighted by atomic mass is 79.9. The first-order valence-electron chi connectivity index (χ1n) is 4.28. The molecule has 1 saturated heterocycles. The summed E-state index contributed by atoms with van der Waals surface area (Å²) in [6.45, 7) is 0. The molecule has 1 saturated carbocycles. The van der Waals surface area contributed by atoms with Gasteiger partial charge >= 0.3 is 0 Å². The zero-order valence-electron chi connectivity index (χ0n) is 6.77. The van der Waals surface area contributed by atoms with Gasteiger partial charge in [-0.05, 0) is 12.8 Å². The van der Waals surface area contributed by atoms with Gasteiger partial charge in [0.25, 0.3) is 5.91 Å². The van der Waals surface area contributed by atoms with Gasteiger partial charge in [-0.1, -0.05) is 19.3 Å². The molecule has 1 aliphatic heterocycles. The number of carbonyl (C=O) groups is 1. The zero-order valence-corrected chi connectivity index (χ0v) is 8.35. The van der Waals surface area contributed by atoms with Gasteiger partial charge in [0, 0.05) is 16.1 Å². The molecule has 2 rings (SSSR count). The molecule has 0 aromatic heterocycles. The van der Waals surface area contributed by atoms with E-state index < -0.39 is 0 Å². The summed E-state index contributed by atoms with van der Waals surface area (Å²) in [7, 11) is 0. The first-order chi connectivity index (χ1) is 5.76. The normalized spacial score (nSPS) is 29.2. The molecule has 12 heavy (non-hydrogen) atoms. The number of hydrogen-bond acceptors (Lipinski definition) is 3. The molecule has 2 fully saturated rings. The van der Waals surface area contributed by atoms with Crippen LogP contribution in [0.1, 0.15) is 32.1 Å². The van der Waals surface area contributed by atoms with Gasteiger partial charge in [-0.3, -0.25) is 10.2 Å². The lowest BCUT2D eigenvalue weighted by Crippen LogP contribution is -2.47. The van der Waals surface area contributed by atoms with E-state index in [1.807, 2.05) is 0 Å². The minimum atomic E-state index is -0.321. The topological polar surface area (TPSA) is 44.4 Å². The van der Waals surface area contributed by atoms with Crippen LogP contribution >= 0.6 is 16.1 Å². The van der Waals surface area contributed by atoms with Crippen molar-refractivity contribution in [3.05, 3.63) is 0 Å². The molecule has 0 bridgehead atoms. The lowest BCUT2D eigenvalue weighted by molar-refractivity contribution is -0.126. The highest BCUT2D eigenvalue weighted by Gasteiger charge is 2.48. The lowest BCUT2D eigenvalue weighted by Gasteiger charge is -2.33. The molecule has 2 N–H and O–H groups in total. The van der Waals surface area contributed by atoms with Gasteiger partial charge in [0.05, 0.1) is 0 Å². The van der Waals surface area contributed by atoms with Gasteiger partial charge in [-0.25, -0.2) is 0 Å². The number of nitrogens with zero attached hydrogens (tertiary/aromatic N) is 1. The molecule has 1 heterocycles. The number of rotatable bonds is 0. The van der Waals surface area contributed by atoms with Crippen LogP contribution in [-0.2, 0) is 4.79 Å². The molecule has 4 nitrogen and oxygen atoms in total. The summed E-state index contributed by atoms with van der Waals surface area (Å²) >= 11 is 3.34. The summed E-state index contributed by atoms with van der Waals surface area (Å²) in [5, 5.41) is 0. The maximum absolute atomic E-state index is 11.5. The van der Waals surface area contributed by atoms with Crippen LogP contribution in [-0.4, -0.2) is 15.5 Å². The minimum Gasteiger partial charge on any atom is -0.275 e. The number of carbonyl (C=O) groups excluding carboxylic acids is 1. The number of hydrazine groups is 2. The van der Waals surface area contributed by atoms with Crippen LogP contribution in [0.25, 0.3) is 0 Å². The summed E-state index contributed by atoms with van der Waals surface area (Å²) in [4.78, 5) is 11.5. The molecular weight excluding hydrogens is 222 g/mol. The van der Waals surface area contributed by atoms with Crippen molar-refractivity contribution in [2.24, 2.45) is 0 Å². The molecule has 0 atom stereocenters. The van der Waals surface area contributed by atoms with Gasteiger partial charge < -0.3 is 0 Å². The fourth-order valence-electron chi connectivity index (χ4n) is 1.97. The third-order valence-electron chi connectivity index (χ3n) is 2.75. The van der Waals surface area contributed by atoms with Crippen molar-refractivity contribution in [3.63, 3.8) is 0 Å². The maximum Gasteiger partial charge on any atom is 0.258 e. The first-order valence-corrected chi connectivity index (χ1v) is 4.99. The Hall–Kier alpha value is -0.130. The SMILES string of the molecule is O=C1NNN(Br)C12CCCCC2. The van der Waals surface area contributed by atoms with Gasteiger partial charge in [-0.15, -0.1) is 4.03 Å². The molecule has 2 aliphatic rings. The Balaban J connectivity index is 2.20. The fourth-order valence-corrected chi connectivity index (χ4v) is 2.58. The smallest absolute Gasteiger partial charge is 0.258 e. The summed E-state index contributed by atoms with van der Waals surface area (Å²) in [5.41, 5.74) is 5.08. The minimum absolute atomic E-state index is 0.0964. The third kappa shape index (κ3) is 1.08. The molecule has 0 aromatic rings. The van der Waals surface area contributed by atoms with E-state index in [4.69, 9.17) is 0 Å². The van der Waals surface area contributed by atoms with Crippen molar-refractivity contribution in [1.29, 1.82) is 0 Å². The third-order valence-corrected chi connectivity index (χ3v) is 3.60. The number of amides is 1. The van der Waals surface area contributed by atoms with Gasteiger partial charge in [0.15, 0.2) is 0 Å². The second-order valence-corrected chi connectivity index (χ2v) is 4.15. The monoisotopic (exact) mass is 233 g/mol. The van der Waals surface area contributed by atoms with Crippen molar-refractivity contribution in [3.8, 4) is 0 Å². The van der Waals surface area contributed by atoms with E-state index in [1.54, 1.807) is 4.03 Å². The number of nitrogens with one attached hydrogen (secondary N) is 2. The number of halogens is 1. The van der Waals surface area contributed by atoms with E-state index in [2.05, 4.69) is 27.1 Å². The molecular formula is C7H12BrN3O. The fraction of sp³-hybridized carbons (Fsp3) is 0.857. The Morgan fingerprint density at radius 3 is 2.50 bits per heavy atom. The molecule has 1 amide bonds. The maximum atomic E-state index is 11.5. The van der Waals surface area contributed by atoms with E-state index in [-0.39, 0.29) is 11.4 Å². The predicted octanol–water partition coefficient (Wildman–Crippen LogP) is 0.851. The van der Waals surface area contributed by atoms with Crippen LogP contribution in [0.15, 0.2) is 0 Å². The first kappa shape index (κ1) is 8.47. The van der Waals surface area contributed by atoms with Gasteiger partial charge in [-0.2, -0.15) is 5.53 Å². The Morgan fingerprint density at radius 2 is 2.00 bits per heavy atom. The largest absolute Gasteiger partial charge is 0.275 e. The quantitative estimate of drug-likeness (QED) is 0.611. The van der Waals surface area contributed by atoms with Crippen molar-refractivity contribution in [2.75, 3.05) is 0 Å². The van der Waals surface area contributed by atoms with Crippen molar-refractivity contribution in [2.45, 2.75) is 37.6 Å². The van der Waals surface area contributed by atoms with E-state index >= 15 is 0 Å². The van der Waals surface area contributed by atoms with E-state index in [1.165, 1.54) is 6.42 Å². The van der Waals surface area contributed by atoms with E-state index in [9.17, 15) is 4.79 Å². The predicted molar refractivity (Wildman–Crippen MR) is 47.9 cm³/mol. The molecule has 1 spiro atoms. The van der Waals surface area contributed by atoms with Crippen LogP contribution in [0.2, 0.25) is 0 Å². The Kier molecular flexibility index (Phi) is 2.10. The molecule has 0 aromatic carbocycles. The average Bonchev–Trinajstić information content (AvgIpc) is 2.36. The summed E-state index contributed by atoms with van der Waals surface area (Å²) in [5.74, 6) is 0.0964. The van der Waals surface area contributed by atoms with Crippen LogP contribution in [0.4, 0.5) is 0 Å². The van der Waals surface area contributed by atoms with Crippen LogP contribution in [0, 0.1) is 0 Å². The Bertz CT molecular complexity index is 203. The van der Waals surface area contributed by atoms with Crippen molar-refractivity contribution >= 4 is 22.1 Å². The Morgan fingerprint density at radius 1 is 1.33 bits per heavy atom. The highest BCUT2D eigenvalue weighted by molar-refractivity contribution is 9.07. The van der Waals surface area contributed by atoms with Crippen LogP contribution in [0.5, 0.6) is 0 Å². The highest BCUT2D eigenvalue weighted by Crippen LogP contribution is 2.36. The molecule has 0 unspecified atom stereocenters. The van der Waals surface area contributed by atoms with Gasteiger partial charge in [0.2, 0.25) is 0 Å². The zero-order chi connectivity index (χ0) is 8.60. The summed E-state index contributed by atoms with van der Waals surface area (Å²) in [6, 6.07) is 0. The molecule has 68 valence electrons. The van der Waals surface area contributed by atoms with Crippen LogP contribution < -0.4 is 11.0 Å². The van der Waals surface area contributed by atoms with Crippen LogP contribution in [0.3, 0.4) is 0 Å². The summed E-state index contributed by atoms with van der Waals surface area (Å²) in [6.07, 6.45) is 5.40. The molecule has 0 radical (unpaired) electrons. The Labute approximate surface area is 80.0 Å². The second-order valence-electron chi connectivity index (χ2n) is 3.44. The average molecular weight is 234 g/mol. The summed E-state index contributed by atoms with van der Waals surface area (Å²) < 4.78 is 1.74. The molecule has 1 aliphatic carbocycles.